The van der Waals surface area contributed by atoms with Crippen LogP contribution in [0.4, 0.5) is 0 Å². The molecule has 1 heterocycles. The second kappa shape index (κ2) is 5.05. The first-order chi connectivity index (χ1) is 8.10. The number of aromatic nitrogens is 1. The quantitative estimate of drug-likeness (QED) is 0.600. The van der Waals surface area contributed by atoms with E-state index in [1.54, 1.807) is 30.3 Å². The Bertz CT molecular complexity index is 564. The van der Waals surface area contributed by atoms with Gasteiger partial charge in [0.2, 0.25) is 0 Å². The maximum absolute atomic E-state index is 10.9. The number of aldehydes is 1. The first-order valence-electron chi connectivity index (χ1n) is 4.68. The number of benzene rings is 1. The van der Waals surface area contributed by atoms with Crippen LogP contribution < -0.4 is 0 Å². The second-order valence-corrected chi connectivity index (χ2v) is 4.61. The molecule has 0 aliphatic rings. The van der Waals surface area contributed by atoms with E-state index in [0.29, 0.717) is 38.3 Å². The SMILES string of the molecule is O=Cc1ccc(Cl)nc1-c1cc(Cl)cc(Cl)c1. The van der Waals surface area contributed by atoms with Crippen molar-refractivity contribution in [1.29, 1.82) is 0 Å². The molecule has 0 aliphatic heterocycles. The Morgan fingerprint density at radius 3 is 2.24 bits per heavy atom. The van der Waals surface area contributed by atoms with Crippen LogP contribution >= 0.6 is 34.8 Å². The van der Waals surface area contributed by atoms with E-state index < -0.39 is 0 Å². The predicted octanol–water partition coefficient (Wildman–Crippen LogP) is 4.52. The highest BCUT2D eigenvalue weighted by molar-refractivity contribution is 6.35. The lowest BCUT2D eigenvalue weighted by atomic mass is 10.1. The number of nitrogens with zero attached hydrogens (tertiary/aromatic N) is 1. The van der Waals surface area contributed by atoms with E-state index in [-0.39, 0.29) is 0 Å². The molecule has 0 bridgehead atoms. The highest BCUT2D eigenvalue weighted by Crippen LogP contribution is 2.28. The second-order valence-electron chi connectivity index (χ2n) is 3.35. The third-order valence-corrected chi connectivity index (χ3v) is 2.80. The van der Waals surface area contributed by atoms with Gasteiger partial charge < -0.3 is 0 Å². The van der Waals surface area contributed by atoms with E-state index in [9.17, 15) is 4.79 Å². The summed E-state index contributed by atoms with van der Waals surface area (Å²) in [6.07, 6.45) is 0.716. The summed E-state index contributed by atoms with van der Waals surface area (Å²) >= 11 is 17.6. The van der Waals surface area contributed by atoms with Gasteiger partial charge in [0.15, 0.2) is 6.29 Å². The standard InChI is InChI=1S/C12H6Cl3NO/c13-9-3-8(4-10(14)5-9)12-7(6-17)1-2-11(15)16-12/h1-6H. The molecule has 2 aromatic rings. The van der Waals surface area contributed by atoms with Crippen LogP contribution in [0.15, 0.2) is 30.3 Å². The van der Waals surface area contributed by atoms with Crippen LogP contribution in [0, 0.1) is 0 Å². The molecule has 0 saturated heterocycles. The fourth-order valence-corrected chi connectivity index (χ4v) is 2.14. The van der Waals surface area contributed by atoms with Gasteiger partial charge in [-0.1, -0.05) is 34.8 Å². The third kappa shape index (κ3) is 2.78. The molecule has 1 aromatic carbocycles. The zero-order valence-corrected chi connectivity index (χ0v) is 10.7. The Morgan fingerprint density at radius 2 is 1.65 bits per heavy atom. The fraction of sp³-hybridized carbons (Fsp3) is 0. The van der Waals surface area contributed by atoms with Gasteiger partial charge in [-0.3, -0.25) is 4.79 Å². The Labute approximate surface area is 113 Å². The molecule has 0 atom stereocenters. The van der Waals surface area contributed by atoms with Gasteiger partial charge in [-0.05, 0) is 30.3 Å². The smallest absolute Gasteiger partial charge is 0.152 e. The number of carbonyl (C=O) groups excluding carboxylic acids is 1. The number of halogens is 3. The molecule has 2 nitrogen and oxygen atoms in total. The van der Waals surface area contributed by atoms with Crippen molar-refractivity contribution in [3.63, 3.8) is 0 Å². The fourth-order valence-electron chi connectivity index (χ4n) is 1.46. The third-order valence-electron chi connectivity index (χ3n) is 2.16. The summed E-state index contributed by atoms with van der Waals surface area (Å²) in [4.78, 5) is 15.0. The largest absolute Gasteiger partial charge is 0.298 e. The van der Waals surface area contributed by atoms with Crippen molar-refractivity contribution in [2.45, 2.75) is 0 Å². The van der Waals surface area contributed by atoms with E-state index >= 15 is 0 Å². The number of hydrogen-bond acceptors (Lipinski definition) is 2. The van der Waals surface area contributed by atoms with Gasteiger partial charge in [0.05, 0.1) is 5.69 Å². The van der Waals surface area contributed by atoms with Crippen molar-refractivity contribution in [3.05, 3.63) is 51.1 Å². The number of carbonyl (C=O) groups is 1. The van der Waals surface area contributed by atoms with Gasteiger partial charge in [0.25, 0.3) is 0 Å². The van der Waals surface area contributed by atoms with Crippen LogP contribution in [0.25, 0.3) is 11.3 Å². The van der Waals surface area contributed by atoms with E-state index in [4.69, 9.17) is 34.8 Å². The molecule has 0 unspecified atom stereocenters. The molecule has 0 fully saturated rings. The van der Waals surface area contributed by atoms with Crippen molar-refractivity contribution >= 4 is 41.1 Å². The number of hydrogen-bond donors (Lipinski definition) is 0. The van der Waals surface area contributed by atoms with Crippen LogP contribution in [0.5, 0.6) is 0 Å². The maximum atomic E-state index is 10.9. The van der Waals surface area contributed by atoms with Crippen molar-refractivity contribution < 1.29 is 4.79 Å². The molecule has 5 heteroatoms. The average molecular weight is 287 g/mol. The first-order valence-corrected chi connectivity index (χ1v) is 5.82. The molecule has 0 aliphatic carbocycles. The van der Waals surface area contributed by atoms with Gasteiger partial charge >= 0.3 is 0 Å². The highest BCUT2D eigenvalue weighted by atomic mass is 35.5. The van der Waals surface area contributed by atoms with Crippen LogP contribution in [0.1, 0.15) is 10.4 Å². The molecule has 0 N–H and O–H groups in total. The van der Waals surface area contributed by atoms with Crippen LogP contribution in [-0.4, -0.2) is 11.3 Å². The molecular formula is C12H6Cl3NO. The highest BCUT2D eigenvalue weighted by Gasteiger charge is 2.09. The van der Waals surface area contributed by atoms with Crippen LogP contribution in [-0.2, 0) is 0 Å². The van der Waals surface area contributed by atoms with E-state index in [1.165, 1.54) is 0 Å². The lowest BCUT2D eigenvalue weighted by Crippen LogP contribution is -1.92. The summed E-state index contributed by atoms with van der Waals surface area (Å²) in [7, 11) is 0. The lowest BCUT2D eigenvalue weighted by molar-refractivity contribution is 0.112. The molecule has 86 valence electrons. The summed E-state index contributed by atoms with van der Waals surface area (Å²) < 4.78 is 0. The Hall–Kier alpha value is -1.09. The number of pyridine rings is 1. The van der Waals surface area contributed by atoms with Gasteiger partial charge in [-0.2, -0.15) is 0 Å². The first kappa shape index (κ1) is 12.4. The molecule has 17 heavy (non-hydrogen) atoms. The monoisotopic (exact) mass is 285 g/mol. The molecule has 0 saturated carbocycles. The van der Waals surface area contributed by atoms with Crippen LogP contribution in [0.3, 0.4) is 0 Å². The van der Waals surface area contributed by atoms with Crippen LogP contribution in [0.2, 0.25) is 15.2 Å². The maximum Gasteiger partial charge on any atom is 0.152 e. The average Bonchev–Trinajstić information content (AvgIpc) is 2.27. The van der Waals surface area contributed by atoms with Gasteiger partial charge in [-0.15, -0.1) is 0 Å². The lowest BCUT2D eigenvalue weighted by Gasteiger charge is -2.06. The Kier molecular flexibility index (Phi) is 3.67. The minimum absolute atomic E-state index is 0.307. The summed E-state index contributed by atoms with van der Waals surface area (Å²) in [5, 5.41) is 1.26. The number of rotatable bonds is 2. The summed E-state index contributed by atoms with van der Waals surface area (Å²) in [6.45, 7) is 0. The minimum atomic E-state index is 0.307. The zero-order valence-electron chi connectivity index (χ0n) is 8.45. The summed E-state index contributed by atoms with van der Waals surface area (Å²) in [5.41, 5.74) is 1.57. The molecule has 2 rings (SSSR count). The topological polar surface area (TPSA) is 30.0 Å². The predicted molar refractivity (Wildman–Crippen MR) is 70.1 cm³/mol. The molecule has 0 spiro atoms. The van der Waals surface area contributed by atoms with Gasteiger partial charge in [0.1, 0.15) is 5.15 Å². The zero-order chi connectivity index (χ0) is 12.4. The van der Waals surface area contributed by atoms with E-state index in [1.807, 2.05) is 0 Å². The summed E-state index contributed by atoms with van der Waals surface area (Å²) in [6, 6.07) is 8.13. The Morgan fingerprint density at radius 1 is 1.00 bits per heavy atom. The van der Waals surface area contributed by atoms with Crippen molar-refractivity contribution in [2.75, 3.05) is 0 Å². The van der Waals surface area contributed by atoms with Crippen molar-refractivity contribution in [3.8, 4) is 11.3 Å². The molecule has 0 amide bonds. The van der Waals surface area contributed by atoms with Crippen molar-refractivity contribution in [2.24, 2.45) is 0 Å². The van der Waals surface area contributed by atoms with Crippen molar-refractivity contribution in [1.82, 2.24) is 4.98 Å². The van der Waals surface area contributed by atoms with Gasteiger partial charge in [0, 0.05) is 21.2 Å². The Balaban J connectivity index is 2.66. The molecule has 0 radical (unpaired) electrons. The van der Waals surface area contributed by atoms with E-state index in [2.05, 4.69) is 4.98 Å². The molecular weight excluding hydrogens is 280 g/mol. The minimum Gasteiger partial charge on any atom is -0.298 e. The van der Waals surface area contributed by atoms with E-state index in [0.717, 1.165) is 0 Å². The normalized spacial score (nSPS) is 10.3. The molecule has 1 aromatic heterocycles. The van der Waals surface area contributed by atoms with Gasteiger partial charge in [-0.25, -0.2) is 4.98 Å². The summed E-state index contributed by atoms with van der Waals surface area (Å²) in [5.74, 6) is 0.